The Morgan fingerprint density at radius 1 is 1.12 bits per heavy atom. The van der Waals surface area contributed by atoms with Crippen molar-refractivity contribution in [3.63, 3.8) is 0 Å². The maximum atomic E-state index is 11.3. The van der Waals surface area contributed by atoms with E-state index < -0.39 is 9.84 Å². The topological polar surface area (TPSA) is 63.2 Å². The van der Waals surface area contributed by atoms with E-state index in [0.29, 0.717) is 19.0 Å². The van der Waals surface area contributed by atoms with Gasteiger partial charge in [0.25, 0.3) is 0 Å². The number of hydrogen-bond donors (Lipinski definition) is 0. The Morgan fingerprint density at radius 3 is 2.12 bits per heavy atom. The average molecular weight is 241 g/mol. The molecule has 0 unspecified atom stereocenters. The van der Waals surface area contributed by atoms with E-state index in [0.717, 1.165) is 11.4 Å². The standard InChI is InChI=1S/C10H15N3O2S/c1-8-7-9(2)12-10(11-8)13-3-5-16(14,15)6-4-13/h7H,3-6H2,1-2H3. The SMILES string of the molecule is Cc1cc(C)nc(N2CCS(=O)(=O)CC2)n1. The Morgan fingerprint density at radius 2 is 1.62 bits per heavy atom. The van der Waals surface area contributed by atoms with Crippen molar-refractivity contribution in [3.05, 3.63) is 17.5 Å². The Hall–Kier alpha value is -1.17. The first-order valence-electron chi connectivity index (χ1n) is 5.24. The molecule has 0 bridgehead atoms. The van der Waals surface area contributed by atoms with Crippen molar-refractivity contribution >= 4 is 15.8 Å². The highest BCUT2D eigenvalue weighted by Crippen LogP contribution is 2.13. The van der Waals surface area contributed by atoms with Gasteiger partial charge in [0.2, 0.25) is 5.95 Å². The molecule has 0 N–H and O–H groups in total. The lowest BCUT2D eigenvalue weighted by Gasteiger charge is -2.26. The smallest absolute Gasteiger partial charge is 0.225 e. The second-order valence-corrected chi connectivity index (χ2v) is 6.39. The summed E-state index contributed by atoms with van der Waals surface area (Å²) in [6.07, 6.45) is 0. The monoisotopic (exact) mass is 241 g/mol. The Balaban J connectivity index is 2.20. The predicted molar refractivity (Wildman–Crippen MR) is 62.4 cm³/mol. The van der Waals surface area contributed by atoms with Gasteiger partial charge in [-0.25, -0.2) is 18.4 Å². The number of hydrogen-bond acceptors (Lipinski definition) is 5. The third kappa shape index (κ3) is 2.49. The lowest BCUT2D eigenvalue weighted by Crippen LogP contribution is -2.41. The summed E-state index contributed by atoms with van der Waals surface area (Å²) in [5, 5.41) is 0. The van der Waals surface area contributed by atoms with Crippen molar-refractivity contribution in [2.24, 2.45) is 0 Å². The third-order valence-corrected chi connectivity index (χ3v) is 4.21. The van der Waals surface area contributed by atoms with Gasteiger partial charge in [-0.05, 0) is 19.9 Å². The molecular weight excluding hydrogens is 226 g/mol. The molecule has 0 radical (unpaired) electrons. The third-order valence-electron chi connectivity index (χ3n) is 2.60. The molecule has 16 heavy (non-hydrogen) atoms. The molecule has 1 saturated heterocycles. The van der Waals surface area contributed by atoms with Crippen LogP contribution in [0.15, 0.2) is 6.07 Å². The molecule has 0 aromatic carbocycles. The zero-order chi connectivity index (χ0) is 11.8. The van der Waals surface area contributed by atoms with E-state index in [1.807, 2.05) is 24.8 Å². The minimum Gasteiger partial charge on any atom is -0.339 e. The number of aryl methyl sites for hydroxylation is 2. The maximum Gasteiger partial charge on any atom is 0.225 e. The summed E-state index contributed by atoms with van der Waals surface area (Å²) in [5.74, 6) is 1.04. The molecule has 0 amide bonds. The Labute approximate surface area is 95.4 Å². The lowest BCUT2D eigenvalue weighted by atomic mass is 10.3. The van der Waals surface area contributed by atoms with Crippen LogP contribution < -0.4 is 4.90 Å². The molecule has 1 aliphatic heterocycles. The summed E-state index contributed by atoms with van der Waals surface area (Å²) in [4.78, 5) is 10.6. The molecule has 0 aliphatic carbocycles. The maximum absolute atomic E-state index is 11.3. The highest BCUT2D eigenvalue weighted by Gasteiger charge is 2.23. The summed E-state index contributed by atoms with van der Waals surface area (Å²) >= 11 is 0. The number of nitrogens with zero attached hydrogens (tertiary/aromatic N) is 3. The number of sulfone groups is 1. The van der Waals surface area contributed by atoms with Gasteiger partial charge in [0, 0.05) is 24.5 Å². The van der Waals surface area contributed by atoms with Crippen LogP contribution in [0.4, 0.5) is 5.95 Å². The van der Waals surface area contributed by atoms with Crippen molar-refractivity contribution in [2.45, 2.75) is 13.8 Å². The fourth-order valence-electron chi connectivity index (χ4n) is 1.76. The van der Waals surface area contributed by atoms with Crippen LogP contribution in [0, 0.1) is 13.8 Å². The number of aromatic nitrogens is 2. The highest BCUT2D eigenvalue weighted by atomic mass is 32.2. The zero-order valence-electron chi connectivity index (χ0n) is 9.47. The van der Waals surface area contributed by atoms with E-state index in [1.54, 1.807) is 0 Å². The molecule has 1 aliphatic rings. The van der Waals surface area contributed by atoms with Gasteiger partial charge < -0.3 is 4.90 Å². The first-order valence-corrected chi connectivity index (χ1v) is 7.06. The number of rotatable bonds is 1. The van der Waals surface area contributed by atoms with Gasteiger partial charge >= 0.3 is 0 Å². The molecular formula is C10H15N3O2S. The van der Waals surface area contributed by atoms with Crippen molar-refractivity contribution in [1.29, 1.82) is 0 Å². The summed E-state index contributed by atoms with van der Waals surface area (Å²) < 4.78 is 22.6. The van der Waals surface area contributed by atoms with Crippen LogP contribution in [0.3, 0.4) is 0 Å². The average Bonchev–Trinajstić information content (AvgIpc) is 2.15. The van der Waals surface area contributed by atoms with Crippen LogP contribution in [0.1, 0.15) is 11.4 Å². The van der Waals surface area contributed by atoms with Gasteiger partial charge in [0.1, 0.15) is 0 Å². The summed E-state index contributed by atoms with van der Waals surface area (Å²) in [5.41, 5.74) is 1.83. The molecule has 5 nitrogen and oxygen atoms in total. The van der Waals surface area contributed by atoms with Crippen LogP contribution in [0.5, 0.6) is 0 Å². The Bertz CT molecular complexity index is 465. The van der Waals surface area contributed by atoms with E-state index in [-0.39, 0.29) is 11.5 Å². The highest BCUT2D eigenvalue weighted by molar-refractivity contribution is 7.91. The largest absolute Gasteiger partial charge is 0.339 e. The van der Waals surface area contributed by atoms with Crippen LogP contribution in [0.2, 0.25) is 0 Å². The van der Waals surface area contributed by atoms with Gasteiger partial charge in [0.15, 0.2) is 9.84 Å². The van der Waals surface area contributed by atoms with Gasteiger partial charge in [-0.15, -0.1) is 0 Å². The van der Waals surface area contributed by atoms with E-state index >= 15 is 0 Å². The second-order valence-electron chi connectivity index (χ2n) is 4.09. The molecule has 0 saturated carbocycles. The fourth-order valence-corrected chi connectivity index (χ4v) is 2.96. The Kier molecular flexibility index (Phi) is 2.84. The van der Waals surface area contributed by atoms with Crippen molar-refractivity contribution in [2.75, 3.05) is 29.5 Å². The zero-order valence-corrected chi connectivity index (χ0v) is 10.3. The molecule has 88 valence electrons. The molecule has 6 heteroatoms. The lowest BCUT2D eigenvalue weighted by molar-refractivity contribution is 0.585. The van der Waals surface area contributed by atoms with Crippen LogP contribution >= 0.6 is 0 Å². The van der Waals surface area contributed by atoms with E-state index in [9.17, 15) is 8.42 Å². The molecule has 1 aromatic rings. The first-order chi connectivity index (χ1) is 7.46. The van der Waals surface area contributed by atoms with E-state index in [1.165, 1.54) is 0 Å². The molecule has 2 heterocycles. The molecule has 0 atom stereocenters. The summed E-state index contributed by atoms with van der Waals surface area (Å²) in [6, 6.07) is 1.91. The van der Waals surface area contributed by atoms with Gasteiger partial charge in [-0.2, -0.15) is 0 Å². The molecule has 1 aromatic heterocycles. The van der Waals surface area contributed by atoms with Crippen molar-refractivity contribution in [1.82, 2.24) is 9.97 Å². The first kappa shape index (κ1) is 11.3. The van der Waals surface area contributed by atoms with Gasteiger partial charge in [-0.3, -0.25) is 0 Å². The normalized spacial score (nSPS) is 19.8. The molecule has 1 fully saturated rings. The van der Waals surface area contributed by atoms with Crippen molar-refractivity contribution in [3.8, 4) is 0 Å². The van der Waals surface area contributed by atoms with E-state index in [2.05, 4.69) is 9.97 Å². The van der Waals surface area contributed by atoms with Crippen molar-refractivity contribution < 1.29 is 8.42 Å². The van der Waals surface area contributed by atoms with Crippen LogP contribution in [-0.4, -0.2) is 43.0 Å². The fraction of sp³-hybridized carbons (Fsp3) is 0.600. The molecule has 0 spiro atoms. The summed E-state index contributed by atoms with van der Waals surface area (Å²) in [6.45, 7) is 4.81. The van der Waals surface area contributed by atoms with Crippen LogP contribution in [-0.2, 0) is 9.84 Å². The minimum atomic E-state index is -2.84. The minimum absolute atomic E-state index is 0.198. The summed E-state index contributed by atoms with van der Waals surface area (Å²) in [7, 11) is -2.84. The number of anilines is 1. The van der Waals surface area contributed by atoms with Gasteiger partial charge in [-0.1, -0.05) is 0 Å². The van der Waals surface area contributed by atoms with Gasteiger partial charge in [0.05, 0.1) is 11.5 Å². The van der Waals surface area contributed by atoms with E-state index in [4.69, 9.17) is 0 Å². The second kappa shape index (κ2) is 4.01. The predicted octanol–water partition coefficient (Wildman–Crippen LogP) is 0.328. The van der Waals surface area contributed by atoms with Crippen LogP contribution in [0.25, 0.3) is 0 Å². The molecule has 2 rings (SSSR count). The quantitative estimate of drug-likeness (QED) is 0.709.